The van der Waals surface area contributed by atoms with E-state index in [0.717, 1.165) is 0 Å². The number of anilines is 1. The Kier molecular flexibility index (Phi) is 6.11. The Hall–Kier alpha value is -1.03. The predicted octanol–water partition coefficient (Wildman–Crippen LogP) is 3.53. The maximum atomic E-state index is 11.5. The van der Waals surface area contributed by atoms with E-state index in [-0.39, 0.29) is 11.7 Å². The third-order valence-corrected chi connectivity index (χ3v) is 2.05. The van der Waals surface area contributed by atoms with Crippen molar-refractivity contribution in [3.63, 3.8) is 0 Å². The van der Waals surface area contributed by atoms with Crippen LogP contribution in [0.25, 0.3) is 0 Å². The minimum Gasteiger partial charge on any atom is -0.506 e. The van der Waals surface area contributed by atoms with Gasteiger partial charge in [-0.15, -0.1) is 0 Å². The molecule has 90 valence electrons. The van der Waals surface area contributed by atoms with Crippen molar-refractivity contribution in [3.8, 4) is 5.75 Å². The number of amides is 1. The molecule has 1 amide bonds. The fourth-order valence-electron chi connectivity index (χ4n) is 0.850. The highest BCUT2D eigenvalue weighted by atomic mass is 79.9. The maximum absolute atomic E-state index is 11.5. The maximum Gasteiger partial charge on any atom is 0.240 e. The van der Waals surface area contributed by atoms with Gasteiger partial charge < -0.3 is 10.4 Å². The summed E-state index contributed by atoms with van der Waals surface area (Å²) in [4.78, 5) is 11.5. The second-order valence-electron chi connectivity index (χ2n) is 3.44. The zero-order valence-electron chi connectivity index (χ0n) is 10.0. The summed E-state index contributed by atoms with van der Waals surface area (Å²) in [6.45, 7) is 7.48. The third kappa shape index (κ3) is 4.66. The van der Waals surface area contributed by atoms with Gasteiger partial charge in [-0.2, -0.15) is 0 Å². The number of halogens is 1. The molecule has 0 saturated carbocycles. The summed E-state index contributed by atoms with van der Waals surface area (Å²) in [5.74, 6) is -0.128. The Morgan fingerprint density at radius 1 is 1.31 bits per heavy atom. The fourth-order valence-corrected chi connectivity index (χ4v) is 0.949. The minimum atomic E-state index is -0.644. The molecule has 0 unspecified atom stereocenters. The lowest BCUT2D eigenvalue weighted by molar-refractivity contribution is -0.117. The van der Waals surface area contributed by atoms with Crippen molar-refractivity contribution in [3.05, 3.63) is 24.3 Å². The number of carbonyl (C=O) groups is 1. The topological polar surface area (TPSA) is 49.3 Å². The Bertz CT molecular complexity index is 345. The van der Waals surface area contributed by atoms with E-state index in [1.54, 1.807) is 32.0 Å². The molecule has 1 rings (SSSR count). The molecule has 0 aromatic heterocycles. The van der Waals surface area contributed by atoms with Crippen molar-refractivity contribution in [2.75, 3.05) is 5.32 Å². The van der Waals surface area contributed by atoms with Gasteiger partial charge in [-0.05, 0) is 26.0 Å². The van der Waals surface area contributed by atoms with E-state index in [4.69, 9.17) is 0 Å². The third-order valence-electron chi connectivity index (χ3n) is 1.69. The highest BCUT2D eigenvalue weighted by Crippen LogP contribution is 2.24. The molecule has 2 N–H and O–H groups in total. The van der Waals surface area contributed by atoms with Crippen LogP contribution in [-0.2, 0) is 4.79 Å². The van der Waals surface area contributed by atoms with Gasteiger partial charge in [0.2, 0.25) is 5.91 Å². The lowest BCUT2D eigenvalue weighted by atomic mass is 10.2. The molecule has 1 aromatic rings. The molecule has 0 atom stereocenters. The molecular formula is C12H18BrNO2. The van der Waals surface area contributed by atoms with Crippen LogP contribution < -0.4 is 5.32 Å². The van der Waals surface area contributed by atoms with Crippen molar-refractivity contribution >= 4 is 27.5 Å². The molecule has 0 aliphatic heterocycles. The molecule has 0 bridgehead atoms. The van der Waals surface area contributed by atoms with E-state index in [1.807, 2.05) is 13.8 Å². The van der Waals surface area contributed by atoms with Crippen LogP contribution in [0, 0.1) is 0 Å². The van der Waals surface area contributed by atoms with Gasteiger partial charge in [-0.25, -0.2) is 0 Å². The monoisotopic (exact) mass is 287 g/mol. The summed E-state index contributed by atoms with van der Waals surface area (Å²) in [7, 11) is 0. The van der Waals surface area contributed by atoms with Crippen LogP contribution >= 0.6 is 15.9 Å². The molecule has 0 fully saturated rings. The Balaban J connectivity index is 0.00000106. The van der Waals surface area contributed by atoms with Gasteiger partial charge in [-0.1, -0.05) is 41.9 Å². The van der Waals surface area contributed by atoms with E-state index in [0.29, 0.717) is 5.69 Å². The number of benzene rings is 1. The average Bonchev–Trinajstić information content (AvgIpc) is 2.23. The van der Waals surface area contributed by atoms with Gasteiger partial charge in [0.15, 0.2) is 0 Å². The van der Waals surface area contributed by atoms with E-state index < -0.39 is 4.32 Å². The predicted molar refractivity (Wildman–Crippen MR) is 71.1 cm³/mol. The van der Waals surface area contributed by atoms with Gasteiger partial charge >= 0.3 is 0 Å². The standard InChI is InChI=1S/C10H12BrNO2.C2H6/c1-10(2,11)9(14)12-7-5-3-4-6-8(7)13;1-2/h3-6,13H,1-2H3,(H,12,14);1-2H3. The lowest BCUT2D eigenvalue weighted by Gasteiger charge is -2.16. The molecule has 1 aromatic carbocycles. The van der Waals surface area contributed by atoms with E-state index in [2.05, 4.69) is 21.2 Å². The second-order valence-corrected chi connectivity index (χ2v) is 5.43. The quantitative estimate of drug-likeness (QED) is 0.646. The molecule has 0 aliphatic rings. The van der Waals surface area contributed by atoms with Crippen LogP contribution in [0.5, 0.6) is 5.75 Å². The van der Waals surface area contributed by atoms with Crippen LogP contribution in [0.15, 0.2) is 24.3 Å². The SMILES string of the molecule is CC.CC(C)(Br)C(=O)Nc1ccccc1O. The summed E-state index contributed by atoms with van der Waals surface area (Å²) in [5, 5.41) is 12.0. The van der Waals surface area contributed by atoms with Gasteiger partial charge in [0.1, 0.15) is 5.75 Å². The number of carbonyl (C=O) groups excluding carboxylic acids is 1. The second kappa shape index (κ2) is 6.53. The molecule has 0 radical (unpaired) electrons. The number of alkyl halides is 1. The number of hydrogen-bond donors (Lipinski definition) is 2. The zero-order chi connectivity index (χ0) is 12.8. The highest BCUT2D eigenvalue weighted by Gasteiger charge is 2.23. The van der Waals surface area contributed by atoms with Crippen molar-refractivity contribution < 1.29 is 9.90 Å². The van der Waals surface area contributed by atoms with Gasteiger partial charge in [0, 0.05) is 0 Å². The van der Waals surface area contributed by atoms with Crippen LogP contribution in [0.3, 0.4) is 0 Å². The Morgan fingerprint density at radius 2 is 1.81 bits per heavy atom. The number of phenolic OH excluding ortho intramolecular Hbond substituents is 1. The first-order chi connectivity index (χ1) is 7.41. The molecule has 0 saturated heterocycles. The lowest BCUT2D eigenvalue weighted by Crippen LogP contribution is -2.30. The Morgan fingerprint density at radius 3 is 2.25 bits per heavy atom. The van der Waals surface area contributed by atoms with Crippen molar-refractivity contribution in [2.45, 2.75) is 32.0 Å². The van der Waals surface area contributed by atoms with Crippen molar-refractivity contribution in [2.24, 2.45) is 0 Å². The van der Waals surface area contributed by atoms with Crippen LogP contribution in [0.2, 0.25) is 0 Å². The fraction of sp³-hybridized carbons (Fsp3) is 0.417. The molecule has 4 heteroatoms. The summed E-state index contributed by atoms with van der Waals surface area (Å²) in [6.07, 6.45) is 0. The molecule has 16 heavy (non-hydrogen) atoms. The van der Waals surface area contributed by atoms with Gasteiger partial charge in [0.25, 0.3) is 0 Å². The van der Waals surface area contributed by atoms with E-state index in [1.165, 1.54) is 6.07 Å². The average molecular weight is 288 g/mol. The number of rotatable bonds is 2. The van der Waals surface area contributed by atoms with Crippen LogP contribution in [0.1, 0.15) is 27.7 Å². The zero-order valence-corrected chi connectivity index (χ0v) is 11.6. The number of para-hydroxylation sites is 2. The van der Waals surface area contributed by atoms with Gasteiger partial charge in [-0.3, -0.25) is 4.79 Å². The van der Waals surface area contributed by atoms with E-state index in [9.17, 15) is 9.90 Å². The summed E-state index contributed by atoms with van der Waals surface area (Å²) >= 11 is 3.23. The normalized spacial score (nSPS) is 10.1. The number of aromatic hydroxyl groups is 1. The number of phenols is 1. The summed E-state index contributed by atoms with van der Waals surface area (Å²) < 4.78 is -0.644. The van der Waals surface area contributed by atoms with Gasteiger partial charge in [0.05, 0.1) is 10.0 Å². The highest BCUT2D eigenvalue weighted by molar-refractivity contribution is 9.10. The number of nitrogens with one attached hydrogen (secondary N) is 1. The first-order valence-electron chi connectivity index (χ1n) is 5.19. The molecular weight excluding hydrogens is 270 g/mol. The first kappa shape index (κ1) is 15.0. The molecule has 3 nitrogen and oxygen atoms in total. The number of hydrogen-bond acceptors (Lipinski definition) is 2. The minimum absolute atomic E-state index is 0.0672. The first-order valence-corrected chi connectivity index (χ1v) is 5.99. The summed E-state index contributed by atoms with van der Waals surface area (Å²) in [6, 6.07) is 6.61. The van der Waals surface area contributed by atoms with Crippen molar-refractivity contribution in [1.29, 1.82) is 0 Å². The largest absolute Gasteiger partial charge is 0.506 e. The van der Waals surface area contributed by atoms with Crippen LogP contribution in [-0.4, -0.2) is 15.3 Å². The smallest absolute Gasteiger partial charge is 0.240 e. The Labute approximate surface area is 105 Å². The van der Waals surface area contributed by atoms with Crippen LogP contribution in [0.4, 0.5) is 5.69 Å². The van der Waals surface area contributed by atoms with Crippen molar-refractivity contribution in [1.82, 2.24) is 0 Å². The molecule has 0 heterocycles. The summed E-state index contributed by atoms with van der Waals surface area (Å²) in [5.41, 5.74) is 0.421. The van der Waals surface area contributed by atoms with E-state index >= 15 is 0 Å². The molecule has 0 aliphatic carbocycles. The molecule has 0 spiro atoms.